The van der Waals surface area contributed by atoms with Crippen molar-refractivity contribution >= 4 is 29.7 Å². The lowest BCUT2D eigenvalue weighted by molar-refractivity contribution is -0.123. The summed E-state index contributed by atoms with van der Waals surface area (Å²) in [5, 5.41) is 4.21. The number of carbonyl (C=O) groups is 2. The summed E-state index contributed by atoms with van der Waals surface area (Å²) >= 11 is 6.04. The van der Waals surface area contributed by atoms with Crippen molar-refractivity contribution in [2.24, 2.45) is 5.10 Å². The number of nitrogens with zero attached hydrogens (tertiary/aromatic N) is 1. The van der Waals surface area contributed by atoms with Crippen molar-refractivity contribution in [3.05, 3.63) is 88.4 Å². The van der Waals surface area contributed by atoms with Gasteiger partial charge in [0.1, 0.15) is 5.75 Å². The maximum Gasteiger partial charge on any atom is 0.345 e. The summed E-state index contributed by atoms with van der Waals surface area (Å²) in [4.78, 5) is 24.3. The Morgan fingerprint density at radius 3 is 2.50 bits per heavy atom. The number of benzene rings is 3. The van der Waals surface area contributed by atoms with Gasteiger partial charge in [-0.15, -0.1) is 0 Å². The maximum absolute atomic E-state index is 12.4. The first-order chi connectivity index (χ1) is 15.5. The highest BCUT2D eigenvalue weighted by molar-refractivity contribution is 6.33. The van der Waals surface area contributed by atoms with Crippen LogP contribution in [0, 0.1) is 6.92 Å². The maximum atomic E-state index is 12.4. The molecule has 0 radical (unpaired) electrons. The number of esters is 1. The first-order valence-electron chi connectivity index (χ1n) is 9.63. The van der Waals surface area contributed by atoms with E-state index in [-0.39, 0.29) is 17.9 Å². The van der Waals surface area contributed by atoms with Crippen LogP contribution < -0.4 is 19.6 Å². The molecular weight excluding hydrogens is 432 g/mol. The van der Waals surface area contributed by atoms with Crippen LogP contribution in [0.1, 0.15) is 21.5 Å². The number of aryl methyl sites for hydroxylation is 1. The van der Waals surface area contributed by atoms with E-state index in [0.29, 0.717) is 22.1 Å². The first kappa shape index (κ1) is 22.8. The number of halogens is 1. The largest absolute Gasteiger partial charge is 0.493 e. The third-order valence-electron chi connectivity index (χ3n) is 4.34. The van der Waals surface area contributed by atoms with Crippen molar-refractivity contribution in [1.82, 2.24) is 5.43 Å². The van der Waals surface area contributed by atoms with Crippen LogP contribution in [0.2, 0.25) is 5.02 Å². The number of nitrogens with one attached hydrogen (secondary N) is 1. The van der Waals surface area contributed by atoms with Crippen LogP contribution in [-0.2, 0) is 4.79 Å². The standard InChI is InChI=1S/C24H21ClN2O5/c1-16-7-3-6-10-20(16)31-15-23(28)27-26-14-17-11-12-21(22(13-17)30-2)32-24(29)18-8-4-5-9-19(18)25/h3-14H,15H2,1-2H3,(H,27,28)/b26-14+. The molecule has 7 nitrogen and oxygen atoms in total. The fourth-order valence-electron chi connectivity index (χ4n) is 2.70. The second-order valence-corrected chi connectivity index (χ2v) is 7.03. The minimum atomic E-state index is -0.601. The molecule has 0 aliphatic heterocycles. The average Bonchev–Trinajstić information content (AvgIpc) is 2.79. The van der Waals surface area contributed by atoms with Gasteiger partial charge in [0.05, 0.1) is 23.9 Å². The molecule has 0 aromatic heterocycles. The molecule has 32 heavy (non-hydrogen) atoms. The zero-order chi connectivity index (χ0) is 22.9. The Hall–Kier alpha value is -3.84. The molecule has 0 heterocycles. The summed E-state index contributed by atoms with van der Waals surface area (Å²) in [6, 6.07) is 18.9. The Bertz CT molecular complexity index is 1150. The van der Waals surface area contributed by atoms with Gasteiger partial charge >= 0.3 is 5.97 Å². The molecule has 0 saturated heterocycles. The molecule has 3 aromatic rings. The molecule has 8 heteroatoms. The predicted molar refractivity (Wildman–Crippen MR) is 122 cm³/mol. The van der Waals surface area contributed by atoms with Gasteiger partial charge in [0.2, 0.25) is 0 Å². The molecule has 3 aromatic carbocycles. The Morgan fingerprint density at radius 2 is 1.75 bits per heavy atom. The number of rotatable bonds is 8. The zero-order valence-electron chi connectivity index (χ0n) is 17.5. The summed E-state index contributed by atoms with van der Waals surface area (Å²) in [7, 11) is 1.45. The fourth-order valence-corrected chi connectivity index (χ4v) is 2.92. The van der Waals surface area contributed by atoms with Crippen LogP contribution >= 0.6 is 11.6 Å². The third kappa shape index (κ3) is 6.09. The van der Waals surface area contributed by atoms with E-state index in [9.17, 15) is 9.59 Å². The van der Waals surface area contributed by atoms with Crippen molar-refractivity contribution in [3.8, 4) is 17.2 Å². The minimum Gasteiger partial charge on any atom is -0.493 e. The fraction of sp³-hybridized carbons (Fsp3) is 0.125. The SMILES string of the molecule is COc1cc(/C=N/NC(=O)COc2ccccc2C)ccc1OC(=O)c1ccccc1Cl. The summed E-state index contributed by atoms with van der Waals surface area (Å²) < 4.78 is 16.2. The average molecular weight is 453 g/mol. The van der Waals surface area contributed by atoms with Gasteiger partial charge in [0.25, 0.3) is 5.91 Å². The number of hydrogen-bond acceptors (Lipinski definition) is 6. The van der Waals surface area contributed by atoms with Gasteiger partial charge in [-0.3, -0.25) is 4.79 Å². The summed E-state index contributed by atoms with van der Waals surface area (Å²) in [6.45, 7) is 1.73. The van der Waals surface area contributed by atoms with E-state index < -0.39 is 11.9 Å². The van der Waals surface area contributed by atoms with Crippen molar-refractivity contribution in [3.63, 3.8) is 0 Å². The van der Waals surface area contributed by atoms with Gasteiger partial charge in [0.15, 0.2) is 18.1 Å². The van der Waals surface area contributed by atoms with Crippen molar-refractivity contribution in [1.29, 1.82) is 0 Å². The van der Waals surface area contributed by atoms with Crippen molar-refractivity contribution in [2.75, 3.05) is 13.7 Å². The molecule has 0 aliphatic rings. The quantitative estimate of drug-likeness (QED) is 0.237. The molecule has 1 N–H and O–H groups in total. The van der Waals surface area contributed by atoms with Gasteiger partial charge in [0, 0.05) is 0 Å². The lowest BCUT2D eigenvalue weighted by atomic mass is 10.2. The molecule has 0 unspecified atom stereocenters. The van der Waals surface area contributed by atoms with Gasteiger partial charge in [-0.05, 0) is 54.4 Å². The molecule has 0 saturated carbocycles. The van der Waals surface area contributed by atoms with E-state index in [2.05, 4.69) is 10.5 Å². The Kier molecular flexibility index (Phi) is 7.83. The van der Waals surface area contributed by atoms with Crippen molar-refractivity contribution < 1.29 is 23.8 Å². The molecule has 3 rings (SSSR count). The van der Waals surface area contributed by atoms with Crippen LogP contribution in [-0.4, -0.2) is 31.8 Å². The van der Waals surface area contributed by atoms with E-state index in [0.717, 1.165) is 5.56 Å². The van der Waals surface area contributed by atoms with Gasteiger partial charge in [-0.1, -0.05) is 41.9 Å². The van der Waals surface area contributed by atoms with Crippen LogP contribution in [0.4, 0.5) is 0 Å². The van der Waals surface area contributed by atoms with E-state index in [1.54, 1.807) is 48.5 Å². The Morgan fingerprint density at radius 1 is 1.00 bits per heavy atom. The van der Waals surface area contributed by atoms with E-state index >= 15 is 0 Å². The Labute approximate surface area is 190 Å². The van der Waals surface area contributed by atoms with Gasteiger partial charge in [-0.2, -0.15) is 5.10 Å². The van der Waals surface area contributed by atoms with E-state index in [1.165, 1.54) is 13.3 Å². The Balaban J connectivity index is 1.58. The van der Waals surface area contributed by atoms with Crippen molar-refractivity contribution in [2.45, 2.75) is 6.92 Å². The second-order valence-electron chi connectivity index (χ2n) is 6.63. The lowest BCUT2D eigenvalue weighted by Gasteiger charge is -2.10. The molecule has 0 aliphatic carbocycles. The minimum absolute atomic E-state index is 0.164. The van der Waals surface area contributed by atoms with Gasteiger partial charge in [-0.25, -0.2) is 10.2 Å². The molecule has 1 amide bonds. The normalized spacial score (nSPS) is 10.6. The summed E-state index contributed by atoms with van der Waals surface area (Å²) in [5.74, 6) is 0.185. The molecular formula is C24H21ClN2O5. The second kappa shape index (κ2) is 11.0. The number of hydrogen-bond donors (Lipinski definition) is 1. The molecule has 0 fully saturated rings. The van der Waals surface area contributed by atoms with Crippen LogP contribution in [0.5, 0.6) is 17.2 Å². The first-order valence-corrected chi connectivity index (χ1v) is 10.0. The zero-order valence-corrected chi connectivity index (χ0v) is 18.3. The number of para-hydroxylation sites is 1. The molecule has 0 spiro atoms. The number of hydrazone groups is 1. The number of carbonyl (C=O) groups excluding carboxylic acids is 2. The number of methoxy groups -OCH3 is 1. The van der Waals surface area contributed by atoms with Gasteiger partial charge < -0.3 is 14.2 Å². The highest BCUT2D eigenvalue weighted by Gasteiger charge is 2.15. The van der Waals surface area contributed by atoms with E-state index in [4.69, 9.17) is 25.8 Å². The summed E-state index contributed by atoms with van der Waals surface area (Å²) in [5.41, 5.74) is 4.21. The lowest BCUT2D eigenvalue weighted by Crippen LogP contribution is -2.24. The number of ether oxygens (including phenoxy) is 3. The van der Waals surface area contributed by atoms with Crippen LogP contribution in [0.15, 0.2) is 71.8 Å². The molecule has 0 bridgehead atoms. The summed E-state index contributed by atoms with van der Waals surface area (Å²) in [6.07, 6.45) is 1.44. The number of amides is 1. The third-order valence-corrected chi connectivity index (χ3v) is 4.67. The highest BCUT2D eigenvalue weighted by atomic mass is 35.5. The predicted octanol–water partition coefficient (Wildman–Crippen LogP) is 4.41. The smallest absolute Gasteiger partial charge is 0.345 e. The molecule has 164 valence electrons. The van der Waals surface area contributed by atoms with Crippen LogP contribution in [0.3, 0.4) is 0 Å². The topological polar surface area (TPSA) is 86.2 Å². The monoisotopic (exact) mass is 452 g/mol. The molecule has 0 atom stereocenters. The highest BCUT2D eigenvalue weighted by Crippen LogP contribution is 2.29. The van der Waals surface area contributed by atoms with E-state index in [1.807, 2.05) is 25.1 Å². The van der Waals surface area contributed by atoms with Crippen LogP contribution in [0.25, 0.3) is 0 Å².